The van der Waals surface area contributed by atoms with Crippen LogP contribution in [0, 0.1) is 16.7 Å². The molecule has 4 nitrogen and oxygen atoms in total. The Hall–Kier alpha value is -1.86. The van der Waals surface area contributed by atoms with Gasteiger partial charge in [-0.25, -0.2) is 0 Å². The summed E-state index contributed by atoms with van der Waals surface area (Å²) in [5.41, 5.74) is 2.53. The van der Waals surface area contributed by atoms with E-state index in [1.165, 1.54) is 17.5 Å². The lowest BCUT2D eigenvalue weighted by Gasteiger charge is -2.30. The largest absolute Gasteiger partial charge is 0.381 e. The van der Waals surface area contributed by atoms with Gasteiger partial charge in [-0.15, -0.1) is 0 Å². The van der Waals surface area contributed by atoms with Crippen LogP contribution in [0.4, 0.5) is 5.69 Å². The van der Waals surface area contributed by atoms with Crippen LogP contribution in [0.25, 0.3) is 0 Å². The van der Waals surface area contributed by atoms with E-state index in [0.29, 0.717) is 26.1 Å². The number of nitrogens with zero attached hydrogens (tertiary/aromatic N) is 1. The average molecular weight is 284 g/mol. The van der Waals surface area contributed by atoms with Crippen LogP contribution in [0.1, 0.15) is 36.8 Å². The molecule has 1 heterocycles. The topological polar surface area (TPSA) is 62.1 Å². The van der Waals surface area contributed by atoms with Gasteiger partial charge in [-0.3, -0.25) is 4.79 Å². The van der Waals surface area contributed by atoms with Crippen LogP contribution in [0.2, 0.25) is 0 Å². The number of benzene rings is 1. The molecule has 0 radical (unpaired) electrons. The molecule has 1 aliphatic heterocycles. The predicted molar refractivity (Wildman–Crippen MR) is 79.8 cm³/mol. The van der Waals surface area contributed by atoms with Crippen LogP contribution in [0.3, 0.4) is 0 Å². The van der Waals surface area contributed by atoms with Gasteiger partial charge in [0.15, 0.2) is 0 Å². The lowest BCUT2D eigenvalue weighted by atomic mass is 9.80. The maximum Gasteiger partial charge on any atom is 0.245 e. The van der Waals surface area contributed by atoms with Crippen LogP contribution >= 0.6 is 0 Å². The molecule has 0 atom stereocenters. The first-order valence-electron chi connectivity index (χ1n) is 7.66. The Morgan fingerprint density at radius 1 is 1.24 bits per heavy atom. The van der Waals surface area contributed by atoms with Gasteiger partial charge in [0.1, 0.15) is 5.41 Å². The number of carbonyl (C=O) groups excluding carboxylic acids is 1. The quantitative estimate of drug-likeness (QED) is 0.908. The Kier molecular flexibility index (Phi) is 3.94. The molecule has 1 N–H and O–H groups in total. The Morgan fingerprint density at radius 3 is 2.76 bits per heavy atom. The van der Waals surface area contributed by atoms with Crippen molar-refractivity contribution in [2.75, 3.05) is 18.5 Å². The highest BCUT2D eigenvalue weighted by Crippen LogP contribution is 2.33. The first-order valence-corrected chi connectivity index (χ1v) is 7.66. The van der Waals surface area contributed by atoms with Crippen LogP contribution in [0.5, 0.6) is 0 Å². The zero-order valence-electron chi connectivity index (χ0n) is 12.2. The van der Waals surface area contributed by atoms with Crippen LogP contribution in [-0.4, -0.2) is 19.1 Å². The van der Waals surface area contributed by atoms with Gasteiger partial charge in [0, 0.05) is 18.9 Å². The summed E-state index contributed by atoms with van der Waals surface area (Å²) in [6.07, 6.45) is 5.42. The summed E-state index contributed by atoms with van der Waals surface area (Å²) in [6, 6.07) is 8.30. The second-order valence-electron chi connectivity index (χ2n) is 5.91. The van der Waals surface area contributed by atoms with E-state index in [4.69, 9.17) is 4.74 Å². The van der Waals surface area contributed by atoms with Gasteiger partial charge >= 0.3 is 0 Å². The van der Waals surface area contributed by atoms with Gasteiger partial charge in [-0.2, -0.15) is 5.26 Å². The maximum atomic E-state index is 12.6. The van der Waals surface area contributed by atoms with Crippen molar-refractivity contribution in [1.82, 2.24) is 0 Å². The Morgan fingerprint density at radius 2 is 2.00 bits per heavy atom. The molecule has 110 valence electrons. The number of hydrogen-bond donors (Lipinski definition) is 1. The van der Waals surface area contributed by atoms with E-state index in [2.05, 4.69) is 17.5 Å². The van der Waals surface area contributed by atoms with Crippen molar-refractivity contribution in [2.24, 2.45) is 5.41 Å². The number of fused-ring (bicyclic) bond motifs is 1. The number of nitrogens with one attached hydrogen (secondary N) is 1. The third-order valence-electron chi connectivity index (χ3n) is 4.64. The smallest absolute Gasteiger partial charge is 0.245 e. The molecule has 1 aromatic rings. The standard InChI is InChI=1S/C17H20N2O2/c18-12-17(8-10-21-11-9-17)16(20)19-15-7-3-5-13-4-1-2-6-14(13)15/h3,5,7H,1-2,4,6,8-11H2,(H,19,20). The fourth-order valence-electron chi connectivity index (χ4n) is 3.25. The molecule has 1 aromatic carbocycles. The van der Waals surface area contributed by atoms with Gasteiger partial charge in [-0.05, 0) is 55.7 Å². The fourth-order valence-corrected chi connectivity index (χ4v) is 3.25. The van der Waals surface area contributed by atoms with E-state index in [0.717, 1.165) is 24.9 Å². The first kappa shape index (κ1) is 14.1. The van der Waals surface area contributed by atoms with E-state index < -0.39 is 5.41 Å². The van der Waals surface area contributed by atoms with Gasteiger partial charge in [0.25, 0.3) is 0 Å². The monoisotopic (exact) mass is 284 g/mol. The number of hydrogen-bond acceptors (Lipinski definition) is 3. The lowest BCUT2D eigenvalue weighted by molar-refractivity contribution is -0.126. The number of nitriles is 1. The van der Waals surface area contributed by atoms with Crippen molar-refractivity contribution in [1.29, 1.82) is 5.26 Å². The van der Waals surface area contributed by atoms with Crippen LogP contribution in [-0.2, 0) is 22.4 Å². The van der Waals surface area contributed by atoms with Crippen molar-refractivity contribution in [2.45, 2.75) is 38.5 Å². The summed E-state index contributed by atoms with van der Waals surface area (Å²) < 4.78 is 5.29. The van der Waals surface area contributed by atoms with Crippen LogP contribution < -0.4 is 5.32 Å². The predicted octanol–water partition coefficient (Wildman–Crippen LogP) is 2.82. The number of carbonyl (C=O) groups is 1. The summed E-state index contributed by atoms with van der Waals surface area (Å²) in [5.74, 6) is -0.174. The van der Waals surface area contributed by atoms with Gasteiger partial charge < -0.3 is 10.1 Å². The molecular formula is C17H20N2O2. The maximum absolute atomic E-state index is 12.6. The zero-order chi connectivity index (χ0) is 14.7. The molecule has 0 spiro atoms. The van der Waals surface area contributed by atoms with Crippen molar-refractivity contribution >= 4 is 11.6 Å². The van der Waals surface area contributed by atoms with Crippen molar-refractivity contribution in [3.8, 4) is 6.07 Å². The number of amides is 1. The molecule has 1 amide bonds. The van der Waals surface area contributed by atoms with Crippen molar-refractivity contribution < 1.29 is 9.53 Å². The highest BCUT2D eigenvalue weighted by molar-refractivity contribution is 5.98. The second-order valence-corrected chi connectivity index (χ2v) is 5.91. The first-order chi connectivity index (χ1) is 10.2. The minimum atomic E-state index is -0.935. The molecule has 1 aliphatic carbocycles. The summed E-state index contributed by atoms with van der Waals surface area (Å²) in [7, 11) is 0. The Labute approximate surface area is 125 Å². The molecule has 0 aromatic heterocycles. The molecule has 21 heavy (non-hydrogen) atoms. The minimum absolute atomic E-state index is 0.174. The van der Waals surface area contributed by atoms with E-state index in [-0.39, 0.29) is 5.91 Å². The third-order valence-corrected chi connectivity index (χ3v) is 4.64. The number of anilines is 1. The fraction of sp³-hybridized carbons (Fsp3) is 0.529. The lowest BCUT2D eigenvalue weighted by Crippen LogP contribution is -2.40. The normalized spacial score (nSPS) is 20.1. The van der Waals surface area contributed by atoms with E-state index in [1.807, 2.05) is 12.1 Å². The highest BCUT2D eigenvalue weighted by Gasteiger charge is 2.40. The summed E-state index contributed by atoms with van der Waals surface area (Å²) >= 11 is 0. The van der Waals surface area contributed by atoms with E-state index >= 15 is 0 Å². The number of rotatable bonds is 2. The molecule has 1 saturated heterocycles. The molecule has 0 unspecified atom stereocenters. The Balaban J connectivity index is 1.83. The SMILES string of the molecule is N#CC1(C(=O)Nc2cccc3c2CCCC3)CCOCC1. The molecule has 3 rings (SSSR count). The highest BCUT2D eigenvalue weighted by atomic mass is 16.5. The van der Waals surface area contributed by atoms with E-state index in [1.54, 1.807) is 0 Å². The van der Waals surface area contributed by atoms with E-state index in [9.17, 15) is 10.1 Å². The Bertz CT molecular complexity index is 583. The molecule has 0 saturated carbocycles. The molecule has 4 heteroatoms. The second kappa shape index (κ2) is 5.87. The summed E-state index contributed by atoms with van der Waals surface area (Å²) in [6.45, 7) is 0.960. The molecule has 1 fully saturated rings. The van der Waals surface area contributed by atoms with Crippen LogP contribution in [0.15, 0.2) is 18.2 Å². The zero-order valence-corrected chi connectivity index (χ0v) is 12.2. The summed E-state index contributed by atoms with van der Waals surface area (Å²) in [4.78, 5) is 12.6. The molecule has 2 aliphatic rings. The van der Waals surface area contributed by atoms with Crippen molar-refractivity contribution in [3.05, 3.63) is 29.3 Å². The van der Waals surface area contributed by atoms with Crippen molar-refractivity contribution in [3.63, 3.8) is 0 Å². The van der Waals surface area contributed by atoms with Gasteiger partial charge in [-0.1, -0.05) is 12.1 Å². The van der Waals surface area contributed by atoms with Gasteiger partial charge in [0.05, 0.1) is 6.07 Å². The minimum Gasteiger partial charge on any atom is -0.381 e. The number of ether oxygens (including phenoxy) is 1. The average Bonchev–Trinajstić information content (AvgIpc) is 2.56. The van der Waals surface area contributed by atoms with Gasteiger partial charge in [0.2, 0.25) is 5.91 Å². The number of aryl methyl sites for hydroxylation is 1. The molecule has 0 bridgehead atoms. The third kappa shape index (κ3) is 2.66. The molecular weight excluding hydrogens is 264 g/mol. The summed E-state index contributed by atoms with van der Waals surface area (Å²) in [5, 5.41) is 12.5.